The molecule has 0 saturated carbocycles. The lowest BCUT2D eigenvalue weighted by atomic mass is 9.97. The highest BCUT2D eigenvalue weighted by molar-refractivity contribution is 7.99. The number of hydrogen-bond donors (Lipinski definition) is 1. The molecule has 6 nitrogen and oxygen atoms in total. The Morgan fingerprint density at radius 3 is 2.79 bits per heavy atom. The zero-order valence-electron chi connectivity index (χ0n) is 15.2. The van der Waals surface area contributed by atoms with Crippen LogP contribution in [0.3, 0.4) is 0 Å². The average Bonchev–Trinajstić information content (AvgIpc) is 3.16. The van der Waals surface area contributed by atoms with Crippen molar-refractivity contribution in [1.29, 1.82) is 0 Å². The van der Waals surface area contributed by atoms with Gasteiger partial charge in [0.15, 0.2) is 0 Å². The number of amides is 1. The van der Waals surface area contributed by atoms with Crippen LogP contribution >= 0.6 is 11.8 Å². The first-order valence-corrected chi connectivity index (χ1v) is 10.0. The monoisotopic (exact) mass is 409 g/mol. The molecule has 1 amide bonds. The number of alkyl halides is 2. The fourth-order valence-corrected chi connectivity index (χ4v) is 3.43. The van der Waals surface area contributed by atoms with Crippen molar-refractivity contribution in [2.75, 3.05) is 12.3 Å². The third kappa shape index (κ3) is 6.33. The van der Waals surface area contributed by atoms with Gasteiger partial charge in [0.05, 0.1) is 5.75 Å². The first-order chi connectivity index (χ1) is 13.6. The van der Waals surface area contributed by atoms with Crippen molar-refractivity contribution in [3.63, 3.8) is 0 Å². The zero-order chi connectivity index (χ0) is 19.8. The predicted molar refractivity (Wildman–Crippen MR) is 101 cm³/mol. The van der Waals surface area contributed by atoms with Gasteiger partial charge in [-0.15, -0.1) is 10.2 Å². The zero-order valence-corrected chi connectivity index (χ0v) is 16.0. The average molecular weight is 409 g/mol. The van der Waals surface area contributed by atoms with Gasteiger partial charge in [-0.05, 0) is 56.4 Å². The van der Waals surface area contributed by atoms with Crippen LogP contribution in [0.15, 0.2) is 45.6 Å². The Bertz CT molecular complexity index is 809. The Balaban J connectivity index is 1.42. The van der Waals surface area contributed by atoms with E-state index in [0.29, 0.717) is 12.1 Å². The fraction of sp³-hybridized carbons (Fsp3) is 0.421. The van der Waals surface area contributed by atoms with Crippen LogP contribution < -0.4 is 10.1 Å². The molecule has 1 aliphatic rings. The Morgan fingerprint density at radius 2 is 2.07 bits per heavy atom. The number of nitrogens with one attached hydrogen (secondary N) is 1. The minimum absolute atomic E-state index is 0.0496. The molecule has 0 fully saturated rings. The van der Waals surface area contributed by atoms with E-state index in [2.05, 4.69) is 26.3 Å². The highest BCUT2D eigenvalue weighted by Crippen LogP contribution is 2.25. The quantitative estimate of drug-likeness (QED) is 0.487. The molecule has 1 aromatic carbocycles. The van der Waals surface area contributed by atoms with Gasteiger partial charge in [0.25, 0.3) is 5.22 Å². The van der Waals surface area contributed by atoms with Gasteiger partial charge in [-0.1, -0.05) is 23.4 Å². The van der Waals surface area contributed by atoms with Crippen molar-refractivity contribution >= 4 is 17.7 Å². The van der Waals surface area contributed by atoms with E-state index < -0.39 is 6.61 Å². The van der Waals surface area contributed by atoms with E-state index >= 15 is 0 Å². The second kappa shape index (κ2) is 10.2. The number of carbonyl (C=O) groups is 1. The lowest BCUT2D eigenvalue weighted by Crippen LogP contribution is -2.26. The van der Waals surface area contributed by atoms with Crippen molar-refractivity contribution in [2.24, 2.45) is 0 Å². The van der Waals surface area contributed by atoms with Crippen LogP contribution in [0.25, 0.3) is 11.5 Å². The van der Waals surface area contributed by atoms with Gasteiger partial charge in [-0.25, -0.2) is 0 Å². The van der Waals surface area contributed by atoms with Crippen molar-refractivity contribution in [1.82, 2.24) is 15.5 Å². The molecule has 1 aliphatic carbocycles. The number of ether oxygens (including phenoxy) is 1. The Kier molecular flexibility index (Phi) is 7.41. The highest BCUT2D eigenvalue weighted by atomic mass is 32.2. The number of aromatic nitrogens is 2. The molecule has 1 N–H and O–H groups in total. The summed E-state index contributed by atoms with van der Waals surface area (Å²) in [6.07, 6.45) is 7.93. The minimum Gasteiger partial charge on any atom is -0.435 e. The molecule has 0 spiro atoms. The van der Waals surface area contributed by atoms with Gasteiger partial charge in [-0.2, -0.15) is 8.78 Å². The second-order valence-electron chi connectivity index (χ2n) is 6.27. The van der Waals surface area contributed by atoms with E-state index in [4.69, 9.17) is 4.42 Å². The van der Waals surface area contributed by atoms with Crippen LogP contribution in [-0.4, -0.2) is 35.0 Å². The number of allylic oxidation sites excluding steroid dienone is 1. The maximum absolute atomic E-state index is 12.2. The maximum Gasteiger partial charge on any atom is 0.387 e. The Hall–Kier alpha value is -2.42. The van der Waals surface area contributed by atoms with Crippen molar-refractivity contribution in [2.45, 2.75) is 43.9 Å². The van der Waals surface area contributed by atoms with Gasteiger partial charge in [0.2, 0.25) is 11.8 Å². The number of halogens is 2. The SMILES string of the molecule is O=C(CSc1nnc(-c2ccc(OC(F)F)cc2)o1)NCCC1=CCCCC1. The third-order valence-electron chi connectivity index (χ3n) is 4.21. The van der Waals surface area contributed by atoms with Gasteiger partial charge in [0, 0.05) is 12.1 Å². The van der Waals surface area contributed by atoms with E-state index in [1.54, 1.807) is 12.1 Å². The molecular formula is C19H21F2N3O3S. The number of rotatable bonds is 9. The normalized spacial score (nSPS) is 14.0. The summed E-state index contributed by atoms with van der Waals surface area (Å²) in [4.78, 5) is 11.9. The smallest absolute Gasteiger partial charge is 0.387 e. The van der Waals surface area contributed by atoms with Gasteiger partial charge in [-0.3, -0.25) is 4.79 Å². The first kappa shape index (κ1) is 20.3. The molecule has 2 aromatic rings. The summed E-state index contributed by atoms with van der Waals surface area (Å²) in [5.74, 6) is 0.390. The molecule has 0 aliphatic heterocycles. The Labute approximate surface area is 165 Å². The summed E-state index contributed by atoms with van der Waals surface area (Å²) in [5.41, 5.74) is 2.00. The molecule has 28 heavy (non-hydrogen) atoms. The number of nitrogens with zero attached hydrogens (tertiary/aromatic N) is 2. The van der Waals surface area contributed by atoms with Crippen LogP contribution in [0.2, 0.25) is 0 Å². The topological polar surface area (TPSA) is 77.2 Å². The van der Waals surface area contributed by atoms with Crippen molar-refractivity contribution in [3.05, 3.63) is 35.9 Å². The number of thioether (sulfide) groups is 1. The van der Waals surface area contributed by atoms with Crippen molar-refractivity contribution < 1.29 is 22.7 Å². The first-order valence-electron chi connectivity index (χ1n) is 9.06. The lowest BCUT2D eigenvalue weighted by molar-refractivity contribution is -0.118. The maximum atomic E-state index is 12.2. The number of hydrogen-bond acceptors (Lipinski definition) is 6. The molecule has 0 radical (unpaired) electrons. The number of carbonyl (C=O) groups excluding carboxylic acids is 1. The summed E-state index contributed by atoms with van der Waals surface area (Å²) in [6.45, 7) is -2.24. The minimum atomic E-state index is -2.87. The van der Waals surface area contributed by atoms with Crippen LogP contribution in [0.1, 0.15) is 32.1 Å². The van der Waals surface area contributed by atoms with E-state index in [1.165, 1.54) is 30.5 Å². The molecule has 150 valence electrons. The van der Waals surface area contributed by atoms with Crippen LogP contribution in [-0.2, 0) is 4.79 Å². The summed E-state index contributed by atoms with van der Waals surface area (Å²) < 4.78 is 34.1. The fourth-order valence-electron chi connectivity index (χ4n) is 2.84. The predicted octanol–water partition coefficient (Wildman–Crippen LogP) is 4.44. The molecule has 1 aromatic heterocycles. The molecule has 0 unspecified atom stereocenters. The van der Waals surface area contributed by atoms with Crippen LogP contribution in [0.4, 0.5) is 8.78 Å². The summed E-state index contributed by atoms with van der Waals surface area (Å²) in [5, 5.41) is 11.0. The van der Waals surface area contributed by atoms with E-state index in [9.17, 15) is 13.6 Å². The lowest BCUT2D eigenvalue weighted by Gasteiger charge is -2.12. The number of benzene rings is 1. The van der Waals surface area contributed by atoms with Gasteiger partial charge in [0.1, 0.15) is 5.75 Å². The molecule has 0 saturated heterocycles. The van der Waals surface area contributed by atoms with Gasteiger partial charge < -0.3 is 14.5 Å². The summed E-state index contributed by atoms with van der Waals surface area (Å²) in [7, 11) is 0. The Morgan fingerprint density at radius 1 is 1.25 bits per heavy atom. The molecular weight excluding hydrogens is 388 g/mol. The largest absolute Gasteiger partial charge is 0.435 e. The van der Waals surface area contributed by atoms with Crippen molar-refractivity contribution in [3.8, 4) is 17.2 Å². The van der Waals surface area contributed by atoms with E-state index in [1.807, 2.05) is 0 Å². The molecule has 1 heterocycles. The van der Waals surface area contributed by atoms with Gasteiger partial charge >= 0.3 is 6.61 Å². The van der Waals surface area contributed by atoms with Crippen LogP contribution in [0.5, 0.6) is 5.75 Å². The summed E-state index contributed by atoms with van der Waals surface area (Å²) >= 11 is 1.15. The highest BCUT2D eigenvalue weighted by Gasteiger charge is 2.12. The van der Waals surface area contributed by atoms with Crippen LogP contribution in [0, 0.1) is 0 Å². The van der Waals surface area contributed by atoms with E-state index in [0.717, 1.165) is 31.0 Å². The summed E-state index contributed by atoms with van der Waals surface area (Å²) in [6, 6.07) is 5.89. The van der Waals surface area contributed by atoms with E-state index in [-0.39, 0.29) is 28.5 Å². The molecule has 3 rings (SSSR count). The third-order valence-corrected chi connectivity index (χ3v) is 5.03. The molecule has 9 heteroatoms. The second-order valence-corrected chi connectivity index (χ2v) is 7.20. The standard InChI is InChI=1S/C19H21F2N3O3S/c20-18(21)26-15-8-6-14(7-9-15)17-23-24-19(27-17)28-12-16(25)22-11-10-13-4-2-1-3-5-13/h4,6-9,18H,1-3,5,10-12H2,(H,22,25). The molecule has 0 atom stereocenters. The molecule has 0 bridgehead atoms.